The molecule has 3 aromatic rings. The molecule has 5 rings (SSSR count). The number of rotatable bonds is 15. The van der Waals surface area contributed by atoms with Crippen LogP contribution in [0.5, 0.6) is 5.75 Å². The van der Waals surface area contributed by atoms with Crippen LogP contribution in [0.2, 0.25) is 0 Å². The van der Waals surface area contributed by atoms with E-state index in [1.54, 1.807) is 38.5 Å². The first kappa shape index (κ1) is 34.3. The SMILES string of the molecule is COCCCN1CCOc2ccc(CO[C@H]3CN(S(=O)(=O)c4ccc(C)cc4)C[C@@H](O)[C@H]3c3ccc(COCCOC)cc3)cc21. The van der Waals surface area contributed by atoms with Crippen molar-refractivity contribution in [3.8, 4) is 5.75 Å². The molecule has 0 saturated carbocycles. The van der Waals surface area contributed by atoms with Crippen LogP contribution < -0.4 is 9.64 Å². The van der Waals surface area contributed by atoms with Crippen molar-refractivity contribution in [1.29, 1.82) is 0 Å². The van der Waals surface area contributed by atoms with Crippen LogP contribution in [0.4, 0.5) is 5.69 Å². The third-order valence-electron chi connectivity index (χ3n) is 8.54. The van der Waals surface area contributed by atoms with E-state index in [-0.39, 0.29) is 24.6 Å². The number of benzene rings is 3. The number of sulfonamides is 1. The van der Waals surface area contributed by atoms with Gasteiger partial charge in [-0.1, -0.05) is 48.0 Å². The van der Waals surface area contributed by atoms with E-state index in [2.05, 4.69) is 11.0 Å². The lowest BCUT2D eigenvalue weighted by molar-refractivity contribution is -0.0534. The van der Waals surface area contributed by atoms with Gasteiger partial charge in [-0.3, -0.25) is 0 Å². The van der Waals surface area contributed by atoms with Crippen molar-refractivity contribution in [3.63, 3.8) is 0 Å². The van der Waals surface area contributed by atoms with Gasteiger partial charge in [0.2, 0.25) is 10.0 Å². The van der Waals surface area contributed by atoms with Crippen molar-refractivity contribution >= 4 is 15.7 Å². The molecule has 0 aliphatic carbocycles. The maximum Gasteiger partial charge on any atom is 0.243 e. The van der Waals surface area contributed by atoms with E-state index in [1.807, 2.05) is 43.3 Å². The fourth-order valence-corrected chi connectivity index (χ4v) is 7.49. The first-order valence-electron chi connectivity index (χ1n) is 15.8. The summed E-state index contributed by atoms with van der Waals surface area (Å²) in [4.78, 5) is 2.49. The van der Waals surface area contributed by atoms with E-state index in [9.17, 15) is 13.5 Å². The molecular weight excluding hydrogens is 608 g/mol. The summed E-state index contributed by atoms with van der Waals surface area (Å²) in [6.07, 6.45) is -0.671. The van der Waals surface area contributed by atoms with E-state index < -0.39 is 28.1 Å². The van der Waals surface area contributed by atoms with Gasteiger partial charge in [0.1, 0.15) is 12.4 Å². The number of ether oxygens (including phenoxy) is 5. The molecule has 2 aliphatic heterocycles. The van der Waals surface area contributed by atoms with Gasteiger partial charge in [-0.15, -0.1) is 0 Å². The normalized spacial score (nSPS) is 20.3. The Morgan fingerprint density at radius 2 is 1.63 bits per heavy atom. The molecule has 250 valence electrons. The molecule has 0 aromatic heterocycles. The first-order valence-corrected chi connectivity index (χ1v) is 17.3. The zero-order valence-corrected chi connectivity index (χ0v) is 27.8. The highest BCUT2D eigenvalue weighted by Crippen LogP contribution is 2.36. The largest absolute Gasteiger partial charge is 0.490 e. The van der Waals surface area contributed by atoms with Crippen LogP contribution in [0.3, 0.4) is 0 Å². The summed E-state index contributed by atoms with van der Waals surface area (Å²) in [6, 6.07) is 20.7. The van der Waals surface area contributed by atoms with Crippen LogP contribution in [-0.4, -0.2) is 96.9 Å². The third-order valence-corrected chi connectivity index (χ3v) is 10.4. The maximum atomic E-state index is 13.7. The predicted molar refractivity (Wildman–Crippen MR) is 176 cm³/mol. The van der Waals surface area contributed by atoms with Gasteiger partial charge >= 0.3 is 0 Å². The molecule has 1 fully saturated rings. The quantitative estimate of drug-likeness (QED) is 0.242. The Labute approximate surface area is 272 Å². The second kappa shape index (κ2) is 16.2. The van der Waals surface area contributed by atoms with E-state index in [1.165, 1.54) is 4.31 Å². The highest BCUT2D eigenvalue weighted by molar-refractivity contribution is 7.89. The van der Waals surface area contributed by atoms with Crippen LogP contribution in [0.15, 0.2) is 71.6 Å². The topological polar surface area (TPSA) is 107 Å². The molecule has 10 nitrogen and oxygen atoms in total. The Morgan fingerprint density at radius 3 is 2.37 bits per heavy atom. The van der Waals surface area contributed by atoms with Crippen molar-refractivity contribution in [3.05, 3.63) is 89.0 Å². The second-order valence-electron chi connectivity index (χ2n) is 11.8. The Morgan fingerprint density at radius 1 is 0.891 bits per heavy atom. The standard InChI is InChI=1S/C35H46N2O8S/c1-26-5-12-30(13-6-26)46(39,40)37-22-32(38)35(29-10-7-27(8-11-29)24-43-20-19-42-3)34(23-37)45-25-28-9-14-33-31(21-28)36(16-18-44-33)15-4-17-41-2/h5-14,21,32,34-35,38H,4,15-20,22-25H2,1-3H3/t32-,34+,35-/m1/s1. The summed E-state index contributed by atoms with van der Waals surface area (Å²) in [5.74, 6) is 0.402. The Kier molecular flexibility index (Phi) is 12.1. The van der Waals surface area contributed by atoms with Gasteiger partial charge in [-0.05, 0) is 54.3 Å². The molecule has 0 spiro atoms. The van der Waals surface area contributed by atoms with Crippen LogP contribution in [0, 0.1) is 6.92 Å². The molecular formula is C35H46N2O8S. The van der Waals surface area contributed by atoms with Gasteiger partial charge in [0.25, 0.3) is 0 Å². The number of methoxy groups -OCH3 is 2. The summed E-state index contributed by atoms with van der Waals surface area (Å²) in [7, 11) is -0.508. The lowest BCUT2D eigenvalue weighted by Crippen LogP contribution is -2.53. The molecule has 0 radical (unpaired) electrons. The number of aliphatic hydroxyl groups excluding tert-OH is 1. The minimum atomic E-state index is -3.85. The minimum absolute atomic E-state index is 0.0325. The number of anilines is 1. The average Bonchev–Trinajstić information content (AvgIpc) is 3.06. The van der Waals surface area contributed by atoms with E-state index in [0.29, 0.717) is 33.0 Å². The Balaban J connectivity index is 1.37. The van der Waals surface area contributed by atoms with Crippen LogP contribution in [0.25, 0.3) is 0 Å². The number of aryl methyl sites for hydroxylation is 1. The third kappa shape index (κ3) is 8.46. The summed E-state index contributed by atoms with van der Waals surface area (Å²) >= 11 is 0. The molecule has 1 saturated heterocycles. The number of β-amino-alcohol motifs (C(OH)–C–C–N with tert-alkyl or cyclic N) is 1. The summed E-state index contributed by atoms with van der Waals surface area (Å²) < 4.78 is 57.2. The molecule has 2 heterocycles. The Bertz CT molecular complexity index is 1500. The van der Waals surface area contributed by atoms with Gasteiger partial charge in [0.15, 0.2) is 0 Å². The molecule has 0 amide bonds. The average molecular weight is 655 g/mol. The van der Waals surface area contributed by atoms with Crippen molar-refractivity contribution in [1.82, 2.24) is 4.31 Å². The number of nitrogens with zero attached hydrogens (tertiary/aromatic N) is 2. The van der Waals surface area contributed by atoms with Crippen LogP contribution in [-0.2, 0) is 42.2 Å². The first-order chi connectivity index (χ1) is 22.3. The molecule has 11 heteroatoms. The monoisotopic (exact) mass is 654 g/mol. The predicted octanol–water partition coefficient (Wildman–Crippen LogP) is 4.13. The van der Waals surface area contributed by atoms with Gasteiger partial charge < -0.3 is 33.7 Å². The number of piperidine rings is 1. The van der Waals surface area contributed by atoms with E-state index >= 15 is 0 Å². The van der Waals surface area contributed by atoms with Crippen molar-refractivity contribution < 1.29 is 37.2 Å². The van der Waals surface area contributed by atoms with Crippen molar-refractivity contribution in [2.24, 2.45) is 0 Å². The summed E-state index contributed by atoms with van der Waals surface area (Å²) in [5.41, 5.74) is 4.80. The highest BCUT2D eigenvalue weighted by atomic mass is 32.2. The van der Waals surface area contributed by atoms with Gasteiger partial charge in [0.05, 0.1) is 55.8 Å². The zero-order chi connectivity index (χ0) is 32.5. The van der Waals surface area contributed by atoms with Gasteiger partial charge in [-0.2, -0.15) is 4.31 Å². The summed E-state index contributed by atoms with van der Waals surface area (Å²) in [6.45, 7) is 6.66. The van der Waals surface area contributed by atoms with Gasteiger partial charge in [0, 0.05) is 46.4 Å². The number of aliphatic hydroxyl groups is 1. The highest BCUT2D eigenvalue weighted by Gasteiger charge is 2.42. The number of hydrogen-bond donors (Lipinski definition) is 1. The Hall–Kier alpha value is -3.03. The van der Waals surface area contributed by atoms with E-state index in [0.717, 1.165) is 53.2 Å². The van der Waals surface area contributed by atoms with Gasteiger partial charge in [-0.25, -0.2) is 8.42 Å². The fraction of sp³-hybridized carbons (Fsp3) is 0.486. The molecule has 1 N–H and O–H groups in total. The fourth-order valence-electron chi connectivity index (χ4n) is 6.02. The molecule has 2 aliphatic rings. The summed E-state index contributed by atoms with van der Waals surface area (Å²) in [5, 5.41) is 11.5. The van der Waals surface area contributed by atoms with Crippen molar-refractivity contribution in [2.45, 2.75) is 49.6 Å². The molecule has 46 heavy (non-hydrogen) atoms. The number of hydrogen-bond acceptors (Lipinski definition) is 9. The molecule has 3 atom stereocenters. The van der Waals surface area contributed by atoms with E-state index in [4.69, 9.17) is 23.7 Å². The van der Waals surface area contributed by atoms with Crippen LogP contribution in [0.1, 0.15) is 34.6 Å². The minimum Gasteiger partial charge on any atom is -0.490 e. The smallest absolute Gasteiger partial charge is 0.243 e. The second-order valence-corrected chi connectivity index (χ2v) is 13.8. The molecule has 0 unspecified atom stereocenters. The lowest BCUT2D eigenvalue weighted by atomic mass is 9.85. The molecule has 0 bridgehead atoms. The van der Waals surface area contributed by atoms with Crippen LogP contribution >= 0.6 is 0 Å². The maximum absolute atomic E-state index is 13.7. The number of fused-ring (bicyclic) bond motifs is 1. The zero-order valence-electron chi connectivity index (χ0n) is 27.0. The molecule has 3 aromatic carbocycles. The lowest BCUT2D eigenvalue weighted by Gasteiger charge is -2.41. The van der Waals surface area contributed by atoms with Crippen molar-refractivity contribution in [2.75, 3.05) is 71.7 Å².